The SMILES string of the molecule is COc1ccc(OC)c(S(=O)(=O)NC(=O)c2ccccc2N=Nc2c(O)n(-c3ccccc3)n(-c3ccccc3)c2=O)c1. The van der Waals surface area contributed by atoms with Crippen molar-refractivity contribution in [3.8, 4) is 28.8 Å². The Labute approximate surface area is 246 Å². The Morgan fingerprint density at radius 1 is 0.791 bits per heavy atom. The van der Waals surface area contributed by atoms with Gasteiger partial charge < -0.3 is 14.6 Å². The number of nitrogens with zero attached hydrogens (tertiary/aromatic N) is 4. The summed E-state index contributed by atoms with van der Waals surface area (Å²) >= 11 is 0. The topological polar surface area (TPSA) is 154 Å². The highest BCUT2D eigenvalue weighted by Gasteiger charge is 2.26. The smallest absolute Gasteiger partial charge is 0.303 e. The second kappa shape index (κ2) is 12.0. The molecular formula is C30H25N5O7S. The van der Waals surface area contributed by atoms with Gasteiger partial charge in [-0.2, -0.15) is 0 Å². The summed E-state index contributed by atoms with van der Waals surface area (Å²) in [5.74, 6) is -1.25. The molecular weight excluding hydrogens is 574 g/mol. The largest absolute Gasteiger partial charge is 0.497 e. The second-order valence-electron chi connectivity index (χ2n) is 8.94. The quantitative estimate of drug-likeness (QED) is 0.229. The molecule has 0 aliphatic rings. The van der Waals surface area contributed by atoms with Crippen molar-refractivity contribution in [1.82, 2.24) is 14.1 Å². The third kappa shape index (κ3) is 5.74. The van der Waals surface area contributed by atoms with Gasteiger partial charge in [-0.3, -0.25) is 9.59 Å². The van der Waals surface area contributed by atoms with Crippen LogP contribution in [0.5, 0.6) is 17.4 Å². The Morgan fingerprint density at radius 3 is 2.02 bits per heavy atom. The number of amides is 1. The van der Waals surface area contributed by atoms with Crippen LogP contribution in [0.25, 0.3) is 11.4 Å². The zero-order valence-corrected chi connectivity index (χ0v) is 23.7. The molecule has 0 bridgehead atoms. The molecule has 43 heavy (non-hydrogen) atoms. The van der Waals surface area contributed by atoms with Gasteiger partial charge in [0, 0.05) is 6.07 Å². The van der Waals surface area contributed by atoms with E-state index >= 15 is 0 Å². The van der Waals surface area contributed by atoms with E-state index in [0.29, 0.717) is 11.4 Å². The van der Waals surface area contributed by atoms with Crippen LogP contribution in [-0.4, -0.2) is 43.0 Å². The third-order valence-electron chi connectivity index (χ3n) is 6.30. The molecule has 0 spiro atoms. The molecule has 0 saturated heterocycles. The first kappa shape index (κ1) is 28.8. The van der Waals surface area contributed by atoms with E-state index in [1.807, 2.05) is 4.72 Å². The van der Waals surface area contributed by atoms with Crippen LogP contribution in [0.2, 0.25) is 0 Å². The van der Waals surface area contributed by atoms with Gasteiger partial charge in [-0.25, -0.2) is 22.5 Å². The number of carbonyl (C=O) groups excluding carboxylic acids is 1. The molecule has 218 valence electrons. The summed E-state index contributed by atoms with van der Waals surface area (Å²) in [5.41, 5.74) is -0.318. The van der Waals surface area contributed by atoms with Crippen molar-refractivity contribution in [2.45, 2.75) is 4.90 Å². The highest BCUT2D eigenvalue weighted by Crippen LogP contribution is 2.32. The number of para-hydroxylation sites is 2. The van der Waals surface area contributed by atoms with Crippen molar-refractivity contribution in [3.63, 3.8) is 0 Å². The minimum absolute atomic E-state index is 0.00201. The molecule has 5 rings (SSSR count). The first-order chi connectivity index (χ1) is 20.7. The molecule has 0 fully saturated rings. The minimum atomic E-state index is -4.42. The number of rotatable bonds is 9. The van der Waals surface area contributed by atoms with Crippen LogP contribution in [0.3, 0.4) is 0 Å². The van der Waals surface area contributed by atoms with Gasteiger partial charge >= 0.3 is 5.56 Å². The van der Waals surface area contributed by atoms with Gasteiger partial charge in [0.1, 0.15) is 16.4 Å². The number of methoxy groups -OCH3 is 2. The van der Waals surface area contributed by atoms with E-state index in [4.69, 9.17) is 9.47 Å². The fraction of sp³-hybridized carbons (Fsp3) is 0.0667. The third-order valence-corrected chi connectivity index (χ3v) is 7.65. The minimum Gasteiger partial charge on any atom is -0.497 e. The Kier molecular flexibility index (Phi) is 8.07. The molecule has 13 heteroatoms. The highest BCUT2D eigenvalue weighted by atomic mass is 32.2. The van der Waals surface area contributed by atoms with Crippen LogP contribution in [-0.2, 0) is 10.0 Å². The fourth-order valence-electron chi connectivity index (χ4n) is 4.26. The zero-order valence-electron chi connectivity index (χ0n) is 22.9. The molecule has 0 unspecified atom stereocenters. The predicted octanol–water partition coefficient (Wildman–Crippen LogP) is 4.89. The number of ether oxygens (including phenoxy) is 2. The Balaban J connectivity index is 1.53. The molecule has 0 aliphatic heterocycles. The van der Waals surface area contributed by atoms with Gasteiger partial charge in [0.25, 0.3) is 15.9 Å². The number of azo groups is 1. The van der Waals surface area contributed by atoms with Crippen molar-refractivity contribution >= 4 is 27.3 Å². The number of carbonyl (C=O) groups is 1. The molecule has 0 radical (unpaired) electrons. The molecule has 2 N–H and O–H groups in total. The van der Waals surface area contributed by atoms with E-state index in [-0.39, 0.29) is 27.6 Å². The van der Waals surface area contributed by atoms with Gasteiger partial charge in [0.05, 0.1) is 36.8 Å². The Hall–Kier alpha value is -5.69. The summed E-state index contributed by atoms with van der Waals surface area (Å²) in [6.45, 7) is 0. The van der Waals surface area contributed by atoms with Crippen LogP contribution >= 0.6 is 0 Å². The lowest BCUT2D eigenvalue weighted by Gasteiger charge is -2.12. The average Bonchev–Trinajstić information content (AvgIpc) is 3.28. The summed E-state index contributed by atoms with van der Waals surface area (Å²) in [4.78, 5) is 26.4. The first-order valence-corrected chi connectivity index (χ1v) is 14.2. The van der Waals surface area contributed by atoms with Gasteiger partial charge in [-0.05, 0) is 48.5 Å². The molecule has 12 nitrogen and oxygen atoms in total. The Bertz CT molecular complexity index is 1990. The molecule has 0 atom stereocenters. The predicted molar refractivity (Wildman–Crippen MR) is 158 cm³/mol. The number of aromatic nitrogens is 2. The number of benzene rings is 4. The van der Waals surface area contributed by atoms with Crippen LogP contribution in [0.4, 0.5) is 11.4 Å². The van der Waals surface area contributed by atoms with Crippen molar-refractivity contribution in [3.05, 3.63) is 119 Å². The molecule has 5 aromatic rings. The van der Waals surface area contributed by atoms with E-state index in [2.05, 4.69) is 10.2 Å². The summed E-state index contributed by atoms with van der Waals surface area (Å²) in [5, 5.41) is 19.2. The number of sulfonamides is 1. The molecule has 1 amide bonds. The van der Waals surface area contributed by atoms with Crippen LogP contribution < -0.4 is 19.8 Å². The van der Waals surface area contributed by atoms with E-state index in [1.54, 1.807) is 66.7 Å². The molecule has 0 saturated carbocycles. The van der Waals surface area contributed by atoms with Crippen LogP contribution in [0.1, 0.15) is 10.4 Å². The Morgan fingerprint density at radius 2 is 1.40 bits per heavy atom. The average molecular weight is 600 g/mol. The monoisotopic (exact) mass is 599 g/mol. The van der Waals surface area contributed by atoms with E-state index in [1.165, 1.54) is 60.0 Å². The van der Waals surface area contributed by atoms with Gasteiger partial charge in [0.15, 0.2) is 0 Å². The maximum Gasteiger partial charge on any atom is 0.303 e. The molecule has 0 aliphatic carbocycles. The fourth-order valence-corrected chi connectivity index (χ4v) is 5.41. The molecule has 1 aromatic heterocycles. The van der Waals surface area contributed by atoms with Crippen LogP contribution in [0.15, 0.2) is 123 Å². The van der Waals surface area contributed by atoms with Crippen molar-refractivity contribution in [1.29, 1.82) is 0 Å². The summed E-state index contributed by atoms with van der Waals surface area (Å²) in [6, 6.07) is 27.3. The van der Waals surface area contributed by atoms with Crippen molar-refractivity contribution in [2.24, 2.45) is 10.2 Å². The number of hydrogen-bond donors (Lipinski definition) is 2. The van der Waals surface area contributed by atoms with E-state index in [9.17, 15) is 23.1 Å². The van der Waals surface area contributed by atoms with E-state index in [0.717, 1.165) is 0 Å². The first-order valence-electron chi connectivity index (χ1n) is 12.7. The summed E-state index contributed by atoms with van der Waals surface area (Å²) < 4.78 is 41.1. The lowest BCUT2D eigenvalue weighted by molar-refractivity contribution is 0.0982. The summed E-state index contributed by atoms with van der Waals surface area (Å²) in [6.07, 6.45) is 0. The van der Waals surface area contributed by atoms with Crippen molar-refractivity contribution < 1.29 is 27.8 Å². The lowest BCUT2D eigenvalue weighted by Crippen LogP contribution is -2.31. The van der Waals surface area contributed by atoms with Crippen LogP contribution in [0, 0.1) is 0 Å². The zero-order chi connectivity index (χ0) is 30.6. The lowest BCUT2D eigenvalue weighted by atomic mass is 10.2. The standard InChI is InChI=1S/C30H25N5O7S/c1-41-22-17-18-25(42-2)26(19-22)43(39,40)33-28(36)23-15-9-10-16-24(23)31-32-27-29(37)34(20-11-5-3-6-12-20)35(30(27)38)21-13-7-4-8-14-21/h3-19,37H,1-2H3,(H,33,36). The van der Waals surface area contributed by atoms with Crippen molar-refractivity contribution in [2.75, 3.05) is 14.2 Å². The maximum atomic E-state index is 13.5. The summed E-state index contributed by atoms with van der Waals surface area (Å²) in [7, 11) is -1.75. The maximum absolute atomic E-state index is 13.5. The highest BCUT2D eigenvalue weighted by molar-refractivity contribution is 7.90. The number of nitrogens with one attached hydrogen (secondary N) is 1. The van der Waals surface area contributed by atoms with Gasteiger partial charge in [-0.1, -0.05) is 48.5 Å². The molecule has 4 aromatic carbocycles. The molecule has 1 heterocycles. The normalized spacial score (nSPS) is 11.4. The number of aromatic hydroxyl groups is 1. The van der Waals surface area contributed by atoms with E-state index < -0.39 is 33.1 Å². The van der Waals surface area contributed by atoms with Gasteiger partial charge in [-0.15, -0.1) is 10.2 Å². The number of hydrogen-bond acceptors (Lipinski definition) is 9. The second-order valence-corrected chi connectivity index (χ2v) is 10.6. The van der Waals surface area contributed by atoms with Gasteiger partial charge in [0.2, 0.25) is 11.6 Å².